The predicted molar refractivity (Wildman–Crippen MR) is 66.0 cm³/mol. The van der Waals surface area contributed by atoms with Crippen LogP contribution in [0.3, 0.4) is 0 Å². The topological polar surface area (TPSA) is 74.6 Å². The molecule has 0 heterocycles. The van der Waals surface area contributed by atoms with Crippen LogP contribution in [-0.2, 0) is 26.7 Å². The van der Waals surface area contributed by atoms with E-state index in [2.05, 4.69) is 13.8 Å². The van der Waals surface area contributed by atoms with Crippen molar-refractivity contribution >= 4 is 11.9 Å². The molecule has 0 amide bonds. The third-order valence-electron chi connectivity index (χ3n) is 1.71. The summed E-state index contributed by atoms with van der Waals surface area (Å²) in [7, 11) is 0. The van der Waals surface area contributed by atoms with Crippen LogP contribution in [0.5, 0.6) is 0 Å². The molecule has 0 bridgehead atoms. The summed E-state index contributed by atoms with van der Waals surface area (Å²) in [6.07, 6.45) is 5.86. The van der Waals surface area contributed by atoms with Crippen LogP contribution in [0.25, 0.3) is 0 Å². The number of rotatable bonds is 6. The van der Waals surface area contributed by atoms with Crippen LogP contribution in [0.15, 0.2) is 0 Å². The van der Waals surface area contributed by atoms with Gasteiger partial charge < -0.3 is 10.2 Å². The molecule has 0 aliphatic rings. The molecule has 2 N–H and O–H groups in total. The van der Waals surface area contributed by atoms with Crippen LogP contribution in [0.2, 0.25) is 10.0 Å². The molecule has 0 fully saturated rings. The van der Waals surface area contributed by atoms with Crippen molar-refractivity contribution in [1.29, 1.82) is 0 Å². The van der Waals surface area contributed by atoms with E-state index in [1.165, 1.54) is 25.7 Å². The Bertz CT molecular complexity index is 146. The summed E-state index contributed by atoms with van der Waals surface area (Å²) in [5.74, 6) is -1.67. The Labute approximate surface area is 112 Å². The molecule has 0 aromatic carbocycles. The summed E-state index contributed by atoms with van der Waals surface area (Å²) in [5, 5.41) is 18.1. The van der Waals surface area contributed by atoms with Crippen molar-refractivity contribution in [1.82, 2.24) is 0 Å². The van der Waals surface area contributed by atoms with E-state index in [-0.39, 0.29) is 17.1 Å². The first-order chi connectivity index (χ1) is 7.88. The molecule has 17 heavy (non-hydrogen) atoms. The van der Waals surface area contributed by atoms with Crippen molar-refractivity contribution in [3.63, 3.8) is 0 Å². The Balaban J connectivity index is -0.000000205. The van der Waals surface area contributed by atoms with Crippen LogP contribution < -0.4 is 0 Å². The Morgan fingerprint density at radius 1 is 0.882 bits per heavy atom. The fraction of sp³-hybridized carbons (Fsp3) is 0.833. The molecule has 0 unspecified atom stereocenters. The summed E-state index contributed by atoms with van der Waals surface area (Å²) < 4.78 is 0. The van der Waals surface area contributed by atoms with E-state index in [1.807, 2.05) is 0 Å². The normalized spacial score (nSPS) is 7.76. The van der Waals surface area contributed by atoms with Crippen LogP contribution in [0.4, 0.5) is 0 Å². The molecule has 0 spiro atoms. The molecule has 0 saturated carbocycles. The molecule has 0 aliphatic heterocycles. The van der Waals surface area contributed by atoms with Gasteiger partial charge in [-0.05, 0) is 0 Å². The minimum absolute atomic E-state index is 0.0146. The monoisotopic (exact) mass is 298 g/mol. The third kappa shape index (κ3) is 92.5. The van der Waals surface area contributed by atoms with E-state index >= 15 is 0 Å². The van der Waals surface area contributed by atoms with Gasteiger partial charge in [0.05, 0.1) is 0 Å². The van der Waals surface area contributed by atoms with Gasteiger partial charge in [-0.25, -0.2) is 0 Å². The zero-order valence-electron chi connectivity index (χ0n) is 11.7. The molecule has 0 rings (SSSR count). The fourth-order valence-electron chi connectivity index (χ4n) is 1.03. The van der Waals surface area contributed by atoms with Gasteiger partial charge in [0.2, 0.25) is 0 Å². The van der Waals surface area contributed by atoms with Crippen molar-refractivity contribution in [2.45, 2.75) is 63.4 Å². The van der Waals surface area contributed by atoms with Gasteiger partial charge in [-0.1, -0.05) is 0 Å². The predicted octanol–water partition coefficient (Wildman–Crippen LogP) is 3.69. The molecule has 0 radical (unpaired) electrons. The summed E-state index contributed by atoms with van der Waals surface area (Å²) in [6, 6.07) is 0. The third-order valence-corrected chi connectivity index (χ3v) is 5.90. The molecule has 100 valence electrons. The van der Waals surface area contributed by atoms with Crippen LogP contribution in [-0.4, -0.2) is 22.2 Å². The van der Waals surface area contributed by atoms with Crippen LogP contribution in [0.1, 0.15) is 53.4 Å². The first-order valence-electron chi connectivity index (χ1n) is 6.27. The average Bonchev–Trinajstić information content (AvgIpc) is 2.16. The average molecular weight is 300 g/mol. The zero-order chi connectivity index (χ0) is 14.1. The van der Waals surface area contributed by atoms with E-state index in [4.69, 9.17) is 19.8 Å². The van der Waals surface area contributed by atoms with Crippen molar-refractivity contribution in [3.05, 3.63) is 0 Å². The molecular weight excluding hydrogens is 274 g/mol. The number of carbonyl (C=O) groups is 2. The van der Waals surface area contributed by atoms with Gasteiger partial charge in [-0.15, -0.1) is 0 Å². The maximum absolute atomic E-state index is 9.00. The zero-order valence-corrected chi connectivity index (χ0v) is 14.6. The molecule has 5 heteroatoms. The van der Waals surface area contributed by atoms with E-state index in [1.54, 1.807) is 10.0 Å². The van der Waals surface area contributed by atoms with Crippen LogP contribution >= 0.6 is 0 Å². The number of hydrogen-bond acceptors (Lipinski definition) is 2. The molecule has 0 aromatic heterocycles. The first-order valence-corrected chi connectivity index (χ1v) is 10.5. The summed E-state index contributed by atoms with van der Waals surface area (Å²) in [4.78, 5) is 18.0. The molecule has 4 nitrogen and oxygen atoms in total. The summed E-state index contributed by atoms with van der Waals surface area (Å²) in [5.41, 5.74) is 0. The van der Waals surface area contributed by atoms with Crippen molar-refractivity contribution in [2.75, 3.05) is 0 Å². The van der Waals surface area contributed by atoms with Crippen molar-refractivity contribution in [3.8, 4) is 0 Å². The SMILES string of the molecule is CC(=O)O.CC(=O)O.CCC[CH2][Zn][CH2]CCC. The van der Waals surface area contributed by atoms with Gasteiger partial charge >= 0.3 is 66.7 Å². The molecule has 0 saturated heterocycles. The Kier molecular flexibility index (Phi) is 26.8. The second-order valence-corrected chi connectivity index (χ2v) is 8.26. The Hall–Kier alpha value is -0.437. The minimum atomic E-state index is -0.833. The summed E-state index contributed by atoms with van der Waals surface area (Å²) in [6.45, 7) is 6.75. The standard InChI is InChI=1S/2C4H9.2C2H4O2.Zn/c2*1-3-4-2;2*1-2(3)4;/h2*1,3-4H2,2H3;2*1H3,(H,3,4);. The van der Waals surface area contributed by atoms with Gasteiger partial charge in [0.15, 0.2) is 0 Å². The maximum atomic E-state index is 9.00. The number of hydrogen-bond donors (Lipinski definition) is 2. The molecule has 0 atom stereocenters. The van der Waals surface area contributed by atoms with Gasteiger partial charge in [0.25, 0.3) is 11.9 Å². The van der Waals surface area contributed by atoms with Gasteiger partial charge in [0, 0.05) is 13.8 Å². The molecular formula is C12H26O4Zn. The van der Waals surface area contributed by atoms with Gasteiger partial charge in [-0.3, -0.25) is 9.59 Å². The number of aliphatic carboxylic acids is 2. The van der Waals surface area contributed by atoms with E-state index in [0.29, 0.717) is 0 Å². The van der Waals surface area contributed by atoms with Crippen molar-refractivity contribution in [2.24, 2.45) is 0 Å². The summed E-state index contributed by atoms with van der Waals surface area (Å²) >= 11 is 0.0146. The van der Waals surface area contributed by atoms with E-state index in [9.17, 15) is 0 Å². The second-order valence-electron chi connectivity index (χ2n) is 3.81. The Morgan fingerprint density at radius 2 is 1.12 bits per heavy atom. The van der Waals surface area contributed by atoms with Crippen molar-refractivity contribution < 1.29 is 36.9 Å². The van der Waals surface area contributed by atoms with Gasteiger partial charge in [0.1, 0.15) is 0 Å². The van der Waals surface area contributed by atoms with Crippen LogP contribution in [0, 0.1) is 0 Å². The van der Waals surface area contributed by atoms with Gasteiger partial charge in [-0.2, -0.15) is 0 Å². The fourth-order valence-corrected chi connectivity index (χ4v) is 5.35. The molecule has 0 aromatic rings. The number of carboxylic acid groups (broad SMARTS) is 2. The Morgan fingerprint density at radius 3 is 1.29 bits per heavy atom. The van der Waals surface area contributed by atoms with E-state index < -0.39 is 11.9 Å². The quantitative estimate of drug-likeness (QED) is 0.579. The first kappa shape index (κ1) is 21.8. The van der Waals surface area contributed by atoms with E-state index in [0.717, 1.165) is 13.8 Å². The number of unbranched alkanes of at least 4 members (excludes halogenated alkanes) is 2. The molecule has 0 aliphatic carbocycles. The second kappa shape index (κ2) is 20.9. The number of carboxylic acids is 2.